The van der Waals surface area contributed by atoms with Crippen LogP contribution in [-0.2, 0) is 6.54 Å². The van der Waals surface area contributed by atoms with E-state index in [0.29, 0.717) is 10.0 Å². The van der Waals surface area contributed by atoms with Gasteiger partial charge in [-0.2, -0.15) is 0 Å². The fourth-order valence-corrected chi connectivity index (χ4v) is 2.66. The first-order chi connectivity index (χ1) is 9.20. The molecule has 0 aliphatic heterocycles. The molecular formula is C16H15Cl2N. The Morgan fingerprint density at radius 2 is 1.68 bits per heavy atom. The quantitative estimate of drug-likeness (QED) is 0.844. The topological polar surface area (TPSA) is 12.0 Å². The number of rotatable bonds is 4. The third-order valence-corrected chi connectivity index (χ3v) is 3.73. The second-order valence-electron chi connectivity index (χ2n) is 5.01. The lowest BCUT2D eigenvalue weighted by atomic mass is 10.0. The van der Waals surface area contributed by atoms with Crippen molar-refractivity contribution in [3.05, 3.63) is 58.1 Å². The maximum absolute atomic E-state index is 6.05. The summed E-state index contributed by atoms with van der Waals surface area (Å²) in [6.45, 7) is 0.923. The molecule has 1 fully saturated rings. The van der Waals surface area contributed by atoms with E-state index in [1.54, 1.807) is 6.07 Å². The molecule has 1 nitrogen and oxygen atoms in total. The van der Waals surface area contributed by atoms with Crippen LogP contribution >= 0.6 is 23.2 Å². The van der Waals surface area contributed by atoms with E-state index in [1.807, 2.05) is 12.1 Å². The van der Waals surface area contributed by atoms with E-state index in [-0.39, 0.29) is 0 Å². The molecule has 1 saturated carbocycles. The van der Waals surface area contributed by atoms with Crippen LogP contribution in [0.3, 0.4) is 0 Å². The highest BCUT2D eigenvalue weighted by Crippen LogP contribution is 2.28. The molecule has 3 heteroatoms. The number of halogens is 2. The zero-order chi connectivity index (χ0) is 13.2. The molecule has 0 aromatic heterocycles. The van der Waals surface area contributed by atoms with Crippen LogP contribution in [-0.4, -0.2) is 6.04 Å². The molecule has 0 amide bonds. The minimum absolute atomic E-state index is 0.670. The Balaban J connectivity index is 1.84. The summed E-state index contributed by atoms with van der Waals surface area (Å²) >= 11 is 12.1. The van der Waals surface area contributed by atoms with Crippen LogP contribution in [0.15, 0.2) is 42.5 Å². The van der Waals surface area contributed by atoms with E-state index in [4.69, 9.17) is 23.2 Å². The van der Waals surface area contributed by atoms with E-state index >= 15 is 0 Å². The van der Waals surface area contributed by atoms with Crippen LogP contribution in [0.1, 0.15) is 18.4 Å². The summed E-state index contributed by atoms with van der Waals surface area (Å²) in [4.78, 5) is 0. The van der Waals surface area contributed by atoms with Crippen molar-refractivity contribution in [2.75, 3.05) is 0 Å². The van der Waals surface area contributed by atoms with Crippen LogP contribution in [0.5, 0.6) is 0 Å². The molecule has 0 saturated heterocycles. The second-order valence-corrected chi connectivity index (χ2v) is 5.89. The SMILES string of the molecule is Clc1cc(Cl)cc(-c2cccc(CNC3CC3)c2)c1. The monoisotopic (exact) mass is 291 g/mol. The van der Waals surface area contributed by atoms with Gasteiger partial charge in [0.1, 0.15) is 0 Å². The minimum atomic E-state index is 0.670. The first kappa shape index (κ1) is 13.0. The summed E-state index contributed by atoms with van der Waals surface area (Å²) in [5.74, 6) is 0. The highest BCUT2D eigenvalue weighted by Gasteiger charge is 2.19. The molecule has 98 valence electrons. The standard InChI is InChI=1S/C16H15Cl2N/c17-14-7-13(8-15(18)9-14)12-3-1-2-11(6-12)10-19-16-4-5-16/h1-3,6-9,16,19H,4-5,10H2. The van der Waals surface area contributed by atoms with Crippen LogP contribution in [0, 0.1) is 0 Å². The fraction of sp³-hybridized carbons (Fsp3) is 0.250. The molecule has 2 aromatic carbocycles. The van der Waals surface area contributed by atoms with Gasteiger partial charge in [0.15, 0.2) is 0 Å². The molecule has 3 rings (SSSR count). The second kappa shape index (κ2) is 5.54. The number of nitrogens with one attached hydrogen (secondary N) is 1. The average molecular weight is 292 g/mol. The van der Waals surface area contributed by atoms with Gasteiger partial charge < -0.3 is 5.32 Å². The van der Waals surface area contributed by atoms with Crippen molar-refractivity contribution in [2.24, 2.45) is 0 Å². The van der Waals surface area contributed by atoms with Gasteiger partial charge in [0.2, 0.25) is 0 Å². The lowest BCUT2D eigenvalue weighted by Gasteiger charge is -2.07. The van der Waals surface area contributed by atoms with Crippen molar-refractivity contribution < 1.29 is 0 Å². The Bertz CT molecular complexity index is 571. The van der Waals surface area contributed by atoms with Crippen LogP contribution in [0.4, 0.5) is 0 Å². The molecule has 0 atom stereocenters. The van der Waals surface area contributed by atoms with Gasteiger partial charge in [-0.1, -0.05) is 41.4 Å². The van der Waals surface area contributed by atoms with Crippen LogP contribution in [0.2, 0.25) is 10.0 Å². The lowest BCUT2D eigenvalue weighted by molar-refractivity contribution is 0.688. The number of hydrogen-bond donors (Lipinski definition) is 1. The van der Waals surface area contributed by atoms with Crippen molar-refractivity contribution in [3.8, 4) is 11.1 Å². The van der Waals surface area contributed by atoms with E-state index in [9.17, 15) is 0 Å². The Hall–Kier alpha value is -1.02. The van der Waals surface area contributed by atoms with Gasteiger partial charge in [0.25, 0.3) is 0 Å². The normalized spacial score (nSPS) is 14.6. The van der Waals surface area contributed by atoms with Crippen molar-refractivity contribution in [1.82, 2.24) is 5.32 Å². The van der Waals surface area contributed by atoms with E-state index in [1.165, 1.54) is 18.4 Å². The first-order valence-corrected chi connectivity index (χ1v) is 7.25. The maximum Gasteiger partial charge on any atom is 0.0426 e. The lowest BCUT2D eigenvalue weighted by Crippen LogP contribution is -2.15. The van der Waals surface area contributed by atoms with Crippen LogP contribution in [0.25, 0.3) is 11.1 Å². The molecule has 0 unspecified atom stereocenters. The average Bonchev–Trinajstić information content (AvgIpc) is 3.20. The van der Waals surface area contributed by atoms with E-state index in [2.05, 4.69) is 29.6 Å². The van der Waals surface area contributed by atoms with Gasteiger partial charge >= 0.3 is 0 Å². The Kier molecular flexibility index (Phi) is 3.79. The molecule has 0 radical (unpaired) electrons. The molecule has 19 heavy (non-hydrogen) atoms. The first-order valence-electron chi connectivity index (χ1n) is 6.49. The largest absolute Gasteiger partial charge is 0.310 e. The summed E-state index contributed by atoms with van der Waals surface area (Å²) in [5.41, 5.74) is 3.51. The smallest absolute Gasteiger partial charge is 0.0426 e. The minimum Gasteiger partial charge on any atom is -0.310 e. The third kappa shape index (κ3) is 3.50. The van der Waals surface area contributed by atoms with Gasteiger partial charge in [0, 0.05) is 22.6 Å². The molecule has 0 spiro atoms. The zero-order valence-corrected chi connectivity index (χ0v) is 12.0. The Morgan fingerprint density at radius 3 is 2.37 bits per heavy atom. The molecule has 1 aliphatic rings. The summed E-state index contributed by atoms with van der Waals surface area (Å²) in [6, 6.07) is 14.9. The van der Waals surface area contributed by atoms with Crippen molar-refractivity contribution in [2.45, 2.75) is 25.4 Å². The fourth-order valence-electron chi connectivity index (χ4n) is 2.13. The zero-order valence-electron chi connectivity index (χ0n) is 10.5. The summed E-state index contributed by atoms with van der Waals surface area (Å²) in [5, 5.41) is 4.86. The summed E-state index contributed by atoms with van der Waals surface area (Å²) in [7, 11) is 0. The van der Waals surface area contributed by atoms with E-state index in [0.717, 1.165) is 23.7 Å². The van der Waals surface area contributed by atoms with Crippen molar-refractivity contribution >= 4 is 23.2 Å². The van der Waals surface area contributed by atoms with Crippen molar-refractivity contribution in [1.29, 1.82) is 0 Å². The van der Waals surface area contributed by atoms with Crippen LogP contribution < -0.4 is 5.32 Å². The third-order valence-electron chi connectivity index (χ3n) is 3.30. The highest BCUT2D eigenvalue weighted by molar-refractivity contribution is 6.35. The van der Waals surface area contributed by atoms with Gasteiger partial charge in [-0.3, -0.25) is 0 Å². The molecule has 1 N–H and O–H groups in total. The predicted molar refractivity (Wildman–Crippen MR) is 81.8 cm³/mol. The number of hydrogen-bond acceptors (Lipinski definition) is 1. The van der Waals surface area contributed by atoms with Gasteiger partial charge in [0.05, 0.1) is 0 Å². The molecule has 1 aliphatic carbocycles. The predicted octanol–water partition coefficient (Wildman–Crippen LogP) is 4.91. The van der Waals surface area contributed by atoms with Gasteiger partial charge in [-0.15, -0.1) is 0 Å². The Labute approximate surface area is 123 Å². The van der Waals surface area contributed by atoms with E-state index < -0.39 is 0 Å². The molecule has 0 heterocycles. The van der Waals surface area contributed by atoms with Gasteiger partial charge in [-0.25, -0.2) is 0 Å². The summed E-state index contributed by atoms with van der Waals surface area (Å²) < 4.78 is 0. The highest BCUT2D eigenvalue weighted by atomic mass is 35.5. The Morgan fingerprint density at radius 1 is 0.947 bits per heavy atom. The van der Waals surface area contributed by atoms with Gasteiger partial charge in [-0.05, 0) is 53.8 Å². The van der Waals surface area contributed by atoms with Crippen molar-refractivity contribution in [3.63, 3.8) is 0 Å². The summed E-state index contributed by atoms with van der Waals surface area (Å²) in [6.07, 6.45) is 2.62. The molecule has 0 bridgehead atoms. The number of benzene rings is 2. The maximum atomic E-state index is 6.05. The molecule has 2 aromatic rings. The molecular weight excluding hydrogens is 277 g/mol.